The van der Waals surface area contributed by atoms with Crippen molar-refractivity contribution in [2.24, 2.45) is 0 Å². The fourth-order valence-corrected chi connectivity index (χ4v) is 3.64. The van der Waals surface area contributed by atoms with Crippen LogP contribution in [0, 0.1) is 0 Å². The molecule has 138 valence electrons. The maximum Gasteiger partial charge on any atom is 0.254 e. The van der Waals surface area contributed by atoms with Crippen molar-refractivity contribution in [1.82, 2.24) is 14.8 Å². The van der Waals surface area contributed by atoms with Gasteiger partial charge in [0.05, 0.1) is 0 Å². The number of carbonyl (C=O) groups excluding carboxylic acids is 1. The Balaban J connectivity index is 1.35. The van der Waals surface area contributed by atoms with E-state index in [1.807, 2.05) is 59.6 Å². The number of thiocarbonyl (C=S) groups is 1. The molecule has 0 radical (unpaired) electrons. The number of piperazine rings is 1. The largest absolute Gasteiger partial charge is 0.361 e. The van der Waals surface area contributed by atoms with Crippen LogP contribution in [0.15, 0.2) is 54.7 Å². The van der Waals surface area contributed by atoms with Gasteiger partial charge in [0.15, 0.2) is 5.11 Å². The van der Waals surface area contributed by atoms with E-state index in [0.717, 1.165) is 16.6 Å². The van der Waals surface area contributed by atoms with Crippen molar-refractivity contribution >= 4 is 51.4 Å². The van der Waals surface area contributed by atoms with Gasteiger partial charge in [0.1, 0.15) is 0 Å². The van der Waals surface area contributed by atoms with Gasteiger partial charge in [0.2, 0.25) is 0 Å². The molecule has 4 rings (SSSR count). The number of rotatable bonds is 2. The lowest BCUT2D eigenvalue weighted by Crippen LogP contribution is -2.51. The Labute approximate surface area is 167 Å². The van der Waals surface area contributed by atoms with Crippen LogP contribution in [0.5, 0.6) is 0 Å². The van der Waals surface area contributed by atoms with Crippen LogP contribution in [0.3, 0.4) is 0 Å². The zero-order valence-corrected chi connectivity index (χ0v) is 16.2. The monoisotopic (exact) mass is 398 g/mol. The number of aromatic amines is 1. The van der Waals surface area contributed by atoms with Crippen LogP contribution in [0.1, 0.15) is 10.4 Å². The molecule has 27 heavy (non-hydrogen) atoms. The molecule has 0 unspecified atom stereocenters. The van der Waals surface area contributed by atoms with Crippen molar-refractivity contribution in [2.75, 3.05) is 31.5 Å². The molecule has 2 aromatic carbocycles. The predicted octanol–water partition coefficient (Wildman–Crippen LogP) is 3.98. The first kappa shape index (κ1) is 17.8. The number of anilines is 1. The van der Waals surface area contributed by atoms with Crippen molar-refractivity contribution in [2.45, 2.75) is 0 Å². The van der Waals surface area contributed by atoms with Gasteiger partial charge in [-0.25, -0.2) is 0 Å². The maximum atomic E-state index is 12.8. The SMILES string of the molecule is O=C(c1ccc2cc[nH]c2c1)N1CCN(C(=S)Nc2ccc(Cl)cc2)CC1. The van der Waals surface area contributed by atoms with E-state index in [1.54, 1.807) is 0 Å². The molecule has 3 aromatic rings. The van der Waals surface area contributed by atoms with E-state index in [0.29, 0.717) is 41.9 Å². The van der Waals surface area contributed by atoms with Gasteiger partial charge in [-0.05, 0) is 60.1 Å². The highest BCUT2D eigenvalue weighted by Gasteiger charge is 2.23. The molecule has 7 heteroatoms. The van der Waals surface area contributed by atoms with Crippen molar-refractivity contribution in [3.63, 3.8) is 0 Å². The van der Waals surface area contributed by atoms with Crippen molar-refractivity contribution in [3.8, 4) is 0 Å². The van der Waals surface area contributed by atoms with Gasteiger partial charge in [-0.2, -0.15) is 0 Å². The average molecular weight is 399 g/mol. The van der Waals surface area contributed by atoms with E-state index in [9.17, 15) is 4.79 Å². The minimum absolute atomic E-state index is 0.0581. The van der Waals surface area contributed by atoms with Gasteiger partial charge in [0.25, 0.3) is 5.91 Å². The molecule has 0 aliphatic carbocycles. The Bertz CT molecular complexity index is 977. The van der Waals surface area contributed by atoms with Gasteiger partial charge in [-0.15, -0.1) is 0 Å². The lowest BCUT2D eigenvalue weighted by Gasteiger charge is -2.36. The van der Waals surface area contributed by atoms with Crippen LogP contribution in [0.4, 0.5) is 5.69 Å². The lowest BCUT2D eigenvalue weighted by molar-refractivity contribution is 0.0693. The molecule has 1 saturated heterocycles. The highest BCUT2D eigenvalue weighted by Crippen LogP contribution is 2.17. The molecule has 1 aliphatic rings. The third kappa shape index (κ3) is 3.91. The Morgan fingerprint density at radius 3 is 2.44 bits per heavy atom. The third-order valence-electron chi connectivity index (χ3n) is 4.75. The fourth-order valence-electron chi connectivity index (χ4n) is 3.21. The van der Waals surface area contributed by atoms with E-state index in [4.69, 9.17) is 23.8 Å². The van der Waals surface area contributed by atoms with Gasteiger partial charge < -0.3 is 20.1 Å². The molecule has 5 nitrogen and oxygen atoms in total. The zero-order chi connectivity index (χ0) is 18.8. The molecular formula is C20H19ClN4OS. The number of nitrogens with zero attached hydrogens (tertiary/aromatic N) is 2. The highest BCUT2D eigenvalue weighted by molar-refractivity contribution is 7.80. The molecule has 0 saturated carbocycles. The first-order chi connectivity index (χ1) is 13.1. The summed E-state index contributed by atoms with van der Waals surface area (Å²) < 4.78 is 0. The number of nitrogens with one attached hydrogen (secondary N) is 2. The van der Waals surface area contributed by atoms with Crippen LogP contribution in [0.25, 0.3) is 10.9 Å². The first-order valence-corrected chi connectivity index (χ1v) is 9.57. The molecule has 0 bridgehead atoms. The highest BCUT2D eigenvalue weighted by atomic mass is 35.5. The Kier molecular flexibility index (Phi) is 5.01. The summed E-state index contributed by atoms with van der Waals surface area (Å²) in [4.78, 5) is 19.9. The summed E-state index contributed by atoms with van der Waals surface area (Å²) in [5, 5.41) is 5.68. The second kappa shape index (κ2) is 7.58. The Morgan fingerprint density at radius 2 is 1.70 bits per heavy atom. The van der Waals surface area contributed by atoms with Crippen LogP contribution in [0.2, 0.25) is 5.02 Å². The van der Waals surface area contributed by atoms with Crippen LogP contribution >= 0.6 is 23.8 Å². The normalized spacial score (nSPS) is 14.4. The smallest absolute Gasteiger partial charge is 0.254 e. The van der Waals surface area contributed by atoms with E-state index in [2.05, 4.69) is 15.2 Å². The van der Waals surface area contributed by atoms with Crippen molar-refractivity contribution < 1.29 is 4.79 Å². The number of halogens is 1. The topological polar surface area (TPSA) is 51.4 Å². The van der Waals surface area contributed by atoms with E-state index in [-0.39, 0.29) is 5.91 Å². The summed E-state index contributed by atoms with van der Waals surface area (Å²) in [6.45, 7) is 2.69. The summed E-state index contributed by atoms with van der Waals surface area (Å²) in [5.74, 6) is 0.0581. The molecule has 1 aliphatic heterocycles. The molecule has 1 amide bonds. The van der Waals surface area contributed by atoms with Crippen molar-refractivity contribution in [3.05, 3.63) is 65.3 Å². The number of amides is 1. The molecule has 2 N–H and O–H groups in total. The van der Waals surface area contributed by atoms with Gasteiger partial charge in [-0.3, -0.25) is 4.79 Å². The van der Waals surface area contributed by atoms with E-state index < -0.39 is 0 Å². The summed E-state index contributed by atoms with van der Waals surface area (Å²) in [5.41, 5.74) is 2.59. The summed E-state index contributed by atoms with van der Waals surface area (Å²) in [7, 11) is 0. The molecule has 0 atom stereocenters. The maximum absolute atomic E-state index is 12.8. The molecular weight excluding hydrogens is 380 g/mol. The number of fused-ring (bicyclic) bond motifs is 1. The standard InChI is InChI=1S/C20H19ClN4OS/c21-16-3-5-17(6-4-16)23-20(27)25-11-9-24(10-12-25)19(26)15-2-1-14-7-8-22-18(14)13-15/h1-8,13,22H,9-12H2,(H,23,27). The quantitative estimate of drug-likeness (QED) is 0.641. The van der Waals surface area contributed by atoms with Gasteiger partial charge in [-0.1, -0.05) is 17.7 Å². The van der Waals surface area contributed by atoms with E-state index in [1.165, 1.54) is 0 Å². The van der Waals surface area contributed by atoms with Crippen LogP contribution in [-0.4, -0.2) is 52.0 Å². The van der Waals surface area contributed by atoms with Gasteiger partial charge in [0, 0.05) is 54.2 Å². The second-order valence-corrected chi connectivity index (χ2v) is 7.32. The van der Waals surface area contributed by atoms with Gasteiger partial charge >= 0.3 is 0 Å². The average Bonchev–Trinajstić information content (AvgIpc) is 3.17. The lowest BCUT2D eigenvalue weighted by atomic mass is 10.1. The predicted molar refractivity (Wildman–Crippen MR) is 113 cm³/mol. The second-order valence-electron chi connectivity index (χ2n) is 6.50. The number of H-pyrrole nitrogens is 1. The summed E-state index contributed by atoms with van der Waals surface area (Å²) in [6, 6.07) is 15.2. The number of aromatic nitrogens is 1. The molecule has 0 spiro atoms. The minimum atomic E-state index is 0.0581. The number of carbonyl (C=O) groups is 1. The van der Waals surface area contributed by atoms with Crippen molar-refractivity contribution in [1.29, 1.82) is 0 Å². The number of hydrogen-bond acceptors (Lipinski definition) is 2. The summed E-state index contributed by atoms with van der Waals surface area (Å²) >= 11 is 11.4. The van der Waals surface area contributed by atoms with Crippen LogP contribution < -0.4 is 5.32 Å². The Hall–Kier alpha value is -2.57. The number of hydrogen-bond donors (Lipinski definition) is 2. The van der Waals surface area contributed by atoms with E-state index >= 15 is 0 Å². The minimum Gasteiger partial charge on any atom is -0.361 e. The zero-order valence-electron chi connectivity index (χ0n) is 14.6. The first-order valence-electron chi connectivity index (χ1n) is 8.78. The molecule has 1 fully saturated rings. The molecule has 1 aromatic heterocycles. The summed E-state index contributed by atoms with van der Waals surface area (Å²) in [6.07, 6.45) is 1.88. The van der Waals surface area contributed by atoms with Crippen LogP contribution in [-0.2, 0) is 0 Å². The molecule has 2 heterocycles. The number of benzene rings is 2. The Morgan fingerprint density at radius 1 is 1.00 bits per heavy atom. The fraction of sp³-hybridized carbons (Fsp3) is 0.200. The third-order valence-corrected chi connectivity index (χ3v) is 5.36.